The predicted molar refractivity (Wildman–Crippen MR) is 130 cm³/mol. The zero-order valence-corrected chi connectivity index (χ0v) is 19.7. The number of anilines is 1. The van der Waals surface area contributed by atoms with Gasteiger partial charge in [-0.15, -0.1) is 0 Å². The van der Waals surface area contributed by atoms with Crippen molar-refractivity contribution in [3.8, 4) is 11.5 Å². The maximum Gasteiger partial charge on any atom is 0.251 e. The number of carbonyl (C=O) groups is 2. The summed E-state index contributed by atoms with van der Waals surface area (Å²) in [6, 6.07) is 13.1. The lowest BCUT2D eigenvalue weighted by Crippen LogP contribution is -2.46. The molecule has 0 bridgehead atoms. The van der Waals surface area contributed by atoms with Crippen molar-refractivity contribution in [3.05, 3.63) is 53.6 Å². The lowest BCUT2D eigenvalue weighted by atomic mass is 10.0. The van der Waals surface area contributed by atoms with Crippen LogP contribution in [0, 0.1) is 0 Å². The second-order valence-electron chi connectivity index (χ2n) is 9.32. The lowest BCUT2D eigenvalue weighted by Gasteiger charge is -2.38. The Balaban J connectivity index is 1.04. The van der Waals surface area contributed by atoms with Crippen molar-refractivity contribution < 1.29 is 23.5 Å². The normalized spacial score (nSPS) is 20.1. The molecule has 0 spiro atoms. The smallest absolute Gasteiger partial charge is 0.251 e. The topological polar surface area (TPSA) is 83.1 Å². The van der Waals surface area contributed by atoms with Gasteiger partial charge in [-0.3, -0.25) is 14.5 Å². The molecule has 1 atom stereocenters. The first kappa shape index (κ1) is 23.4. The zero-order chi connectivity index (χ0) is 24.2. The van der Waals surface area contributed by atoms with E-state index in [2.05, 4.69) is 32.6 Å². The van der Waals surface area contributed by atoms with E-state index in [-0.39, 0.29) is 31.2 Å². The molecule has 9 heteroatoms. The molecule has 3 aliphatic heterocycles. The van der Waals surface area contributed by atoms with Crippen LogP contribution < -0.4 is 25.0 Å². The predicted octanol–water partition coefficient (Wildman–Crippen LogP) is 2.47. The van der Waals surface area contributed by atoms with E-state index < -0.39 is 6.67 Å². The molecule has 3 heterocycles. The van der Waals surface area contributed by atoms with E-state index in [0.29, 0.717) is 17.2 Å². The van der Waals surface area contributed by atoms with Gasteiger partial charge in [-0.1, -0.05) is 12.1 Å². The molecule has 2 saturated heterocycles. The molecule has 2 amide bonds. The third kappa shape index (κ3) is 5.51. The number of nitrogens with one attached hydrogen (secondary N) is 2. The second-order valence-corrected chi connectivity index (χ2v) is 9.32. The molecule has 2 N–H and O–H groups in total. The molecule has 8 nitrogen and oxygen atoms in total. The summed E-state index contributed by atoms with van der Waals surface area (Å²) < 4.78 is 23.7. The van der Waals surface area contributed by atoms with Gasteiger partial charge in [0.05, 0.1) is 6.54 Å². The minimum absolute atomic E-state index is 0.0844. The minimum atomic E-state index is -0.628. The van der Waals surface area contributed by atoms with E-state index in [1.165, 1.54) is 6.07 Å². The summed E-state index contributed by atoms with van der Waals surface area (Å²) in [5, 5.41) is 5.67. The minimum Gasteiger partial charge on any atom is -0.454 e. The number of amides is 2. The third-order valence-corrected chi connectivity index (χ3v) is 7.04. The number of halogens is 1. The van der Waals surface area contributed by atoms with Crippen molar-refractivity contribution in [2.75, 3.05) is 44.4 Å². The molecule has 2 aromatic carbocycles. The van der Waals surface area contributed by atoms with E-state index in [4.69, 9.17) is 9.47 Å². The average molecular weight is 483 g/mol. The Labute approximate surface area is 204 Å². The van der Waals surface area contributed by atoms with Crippen LogP contribution in [-0.4, -0.2) is 68.3 Å². The summed E-state index contributed by atoms with van der Waals surface area (Å²) in [6.45, 7) is 3.31. The van der Waals surface area contributed by atoms with Crippen molar-refractivity contribution >= 4 is 17.5 Å². The number of fused-ring (bicyclic) bond motifs is 1. The van der Waals surface area contributed by atoms with Gasteiger partial charge < -0.3 is 25.0 Å². The summed E-state index contributed by atoms with van der Waals surface area (Å²) in [5.74, 6) is 1.04. The number of rotatable bonds is 7. The Morgan fingerprint density at radius 1 is 1.00 bits per heavy atom. The van der Waals surface area contributed by atoms with Gasteiger partial charge in [0.15, 0.2) is 11.5 Å². The number of alkyl halides is 1. The summed E-state index contributed by atoms with van der Waals surface area (Å²) in [4.78, 5) is 29.5. The van der Waals surface area contributed by atoms with Crippen LogP contribution >= 0.6 is 0 Å². The first-order valence-corrected chi connectivity index (χ1v) is 12.2. The fraction of sp³-hybridized carbons (Fsp3) is 0.462. The first-order valence-electron chi connectivity index (χ1n) is 12.2. The molecule has 2 fully saturated rings. The lowest BCUT2D eigenvalue weighted by molar-refractivity contribution is -0.120. The standard InChI is InChI=1S/C26H31FN4O4/c27-14-18-2-1-3-19(12-18)26(33)28-15-25(32)29-20-6-9-31(16-20)21-7-10-30(11-8-21)22-4-5-23-24(13-22)35-17-34-23/h1-5,12-13,20-21H,6-11,14-17H2,(H,28,33)(H,29,32)/t20-/m1/s1. The number of piperidine rings is 1. The van der Waals surface area contributed by atoms with Crippen LogP contribution in [0.4, 0.5) is 10.1 Å². The highest BCUT2D eigenvalue weighted by molar-refractivity contribution is 5.96. The molecule has 0 saturated carbocycles. The van der Waals surface area contributed by atoms with Crippen LogP contribution in [0.25, 0.3) is 0 Å². The molecule has 2 aromatic rings. The van der Waals surface area contributed by atoms with Gasteiger partial charge in [-0.2, -0.15) is 0 Å². The van der Waals surface area contributed by atoms with Crippen LogP contribution in [0.2, 0.25) is 0 Å². The van der Waals surface area contributed by atoms with Crippen molar-refractivity contribution in [2.24, 2.45) is 0 Å². The molecule has 35 heavy (non-hydrogen) atoms. The molecule has 0 radical (unpaired) electrons. The monoisotopic (exact) mass is 482 g/mol. The molecule has 0 unspecified atom stereocenters. The molecule has 0 aromatic heterocycles. The summed E-state index contributed by atoms with van der Waals surface area (Å²) >= 11 is 0. The maximum absolute atomic E-state index is 12.8. The van der Waals surface area contributed by atoms with Crippen molar-refractivity contribution in [3.63, 3.8) is 0 Å². The Kier molecular flexibility index (Phi) is 7.03. The third-order valence-electron chi connectivity index (χ3n) is 7.04. The van der Waals surface area contributed by atoms with E-state index in [9.17, 15) is 14.0 Å². The molecule has 0 aliphatic carbocycles. The number of hydrogen-bond donors (Lipinski definition) is 2. The van der Waals surface area contributed by atoms with Gasteiger partial charge in [-0.25, -0.2) is 4.39 Å². The van der Waals surface area contributed by atoms with Gasteiger partial charge >= 0.3 is 0 Å². The van der Waals surface area contributed by atoms with Gasteiger partial charge in [0.1, 0.15) is 6.67 Å². The summed E-state index contributed by atoms with van der Waals surface area (Å²) in [5.41, 5.74) is 1.96. The SMILES string of the molecule is O=C(CNC(=O)c1cccc(CF)c1)N[C@@H]1CCN(C2CCN(c3ccc4c(c3)OCO4)CC2)C1. The fourth-order valence-electron chi connectivity index (χ4n) is 5.14. The van der Waals surface area contributed by atoms with Gasteiger partial charge in [0.25, 0.3) is 5.91 Å². The van der Waals surface area contributed by atoms with Crippen molar-refractivity contribution in [2.45, 2.75) is 38.0 Å². The molecular weight excluding hydrogens is 451 g/mol. The highest BCUT2D eigenvalue weighted by atomic mass is 19.1. The highest BCUT2D eigenvalue weighted by Gasteiger charge is 2.31. The largest absolute Gasteiger partial charge is 0.454 e. The summed E-state index contributed by atoms with van der Waals surface area (Å²) in [7, 11) is 0. The maximum atomic E-state index is 12.8. The molecule has 5 rings (SSSR count). The van der Waals surface area contributed by atoms with Crippen molar-refractivity contribution in [1.82, 2.24) is 15.5 Å². The number of benzene rings is 2. The number of nitrogens with zero attached hydrogens (tertiary/aromatic N) is 2. The number of carbonyl (C=O) groups excluding carboxylic acids is 2. The van der Waals surface area contributed by atoms with Crippen molar-refractivity contribution in [1.29, 1.82) is 0 Å². The first-order chi connectivity index (χ1) is 17.1. The highest BCUT2D eigenvalue weighted by Crippen LogP contribution is 2.36. The van der Waals surface area contributed by atoms with Gasteiger partial charge in [0, 0.05) is 55.6 Å². The van der Waals surface area contributed by atoms with Gasteiger partial charge in [-0.05, 0) is 49.1 Å². The number of ether oxygens (including phenoxy) is 2. The van der Waals surface area contributed by atoms with Crippen LogP contribution in [0.1, 0.15) is 35.2 Å². The van der Waals surface area contributed by atoms with E-state index in [0.717, 1.165) is 62.6 Å². The van der Waals surface area contributed by atoms with Crippen LogP contribution in [0.5, 0.6) is 11.5 Å². The number of likely N-dealkylation sites (tertiary alicyclic amines) is 1. The quantitative estimate of drug-likeness (QED) is 0.631. The van der Waals surface area contributed by atoms with E-state index >= 15 is 0 Å². The number of hydrogen-bond acceptors (Lipinski definition) is 6. The Morgan fingerprint density at radius 2 is 1.83 bits per heavy atom. The molecular formula is C26H31FN4O4. The van der Waals surface area contributed by atoms with Gasteiger partial charge in [0.2, 0.25) is 12.7 Å². The second kappa shape index (κ2) is 10.5. The van der Waals surface area contributed by atoms with E-state index in [1.54, 1.807) is 18.2 Å². The van der Waals surface area contributed by atoms with E-state index in [1.807, 2.05) is 6.07 Å². The van der Waals surface area contributed by atoms with Crippen LogP contribution in [0.3, 0.4) is 0 Å². The fourth-order valence-corrected chi connectivity index (χ4v) is 5.14. The molecule has 186 valence electrons. The Morgan fingerprint density at radius 3 is 2.66 bits per heavy atom. The summed E-state index contributed by atoms with van der Waals surface area (Å²) in [6.07, 6.45) is 3.05. The Bertz CT molecular complexity index is 1070. The average Bonchev–Trinajstić information content (AvgIpc) is 3.56. The van der Waals surface area contributed by atoms with Crippen LogP contribution in [0.15, 0.2) is 42.5 Å². The Hall–Kier alpha value is -3.33. The zero-order valence-electron chi connectivity index (χ0n) is 19.7. The van der Waals surface area contributed by atoms with Crippen LogP contribution in [-0.2, 0) is 11.5 Å². The molecule has 3 aliphatic rings.